The summed E-state index contributed by atoms with van der Waals surface area (Å²) in [6, 6.07) is 12.4. The Morgan fingerprint density at radius 3 is 2.91 bits per heavy atom. The van der Waals surface area contributed by atoms with Crippen LogP contribution in [0.1, 0.15) is 28.8 Å². The number of nitrogens with zero attached hydrogens (tertiary/aromatic N) is 1. The van der Waals surface area contributed by atoms with Crippen LogP contribution in [-0.4, -0.2) is 36.6 Å². The van der Waals surface area contributed by atoms with Crippen molar-refractivity contribution >= 4 is 17.2 Å². The van der Waals surface area contributed by atoms with Crippen LogP contribution in [0.2, 0.25) is 0 Å². The number of carbonyl (C=O) groups is 1. The molecule has 3 nitrogen and oxygen atoms in total. The normalized spacial score (nSPS) is 18.4. The number of benzene rings is 1. The van der Waals surface area contributed by atoms with Crippen molar-refractivity contribution in [3.63, 3.8) is 0 Å². The Kier molecular flexibility index (Phi) is 5.24. The Morgan fingerprint density at radius 2 is 2.14 bits per heavy atom. The largest absolute Gasteiger partial charge is 0.375 e. The van der Waals surface area contributed by atoms with Crippen LogP contribution >= 0.6 is 11.3 Å². The lowest BCUT2D eigenvalue weighted by molar-refractivity contribution is -0.0254. The lowest BCUT2D eigenvalue weighted by atomic mass is 10.0. The van der Waals surface area contributed by atoms with Gasteiger partial charge in [0, 0.05) is 18.5 Å². The molecule has 1 aromatic carbocycles. The average molecular weight is 315 g/mol. The molecule has 1 amide bonds. The Balaban J connectivity index is 1.47. The average Bonchev–Trinajstić information content (AvgIpc) is 3.10. The van der Waals surface area contributed by atoms with Gasteiger partial charge in [0.2, 0.25) is 0 Å². The fraction of sp³-hybridized carbons (Fsp3) is 0.389. The summed E-state index contributed by atoms with van der Waals surface area (Å²) < 4.78 is 5.82. The van der Waals surface area contributed by atoms with E-state index in [4.69, 9.17) is 4.74 Å². The number of carbonyl (C=O) groups excluding carboxylic acids is 1. The molecule has 1 saturated heterocycles. The molecule has 0 bridgehead atoms. The SMILES string of the molecule is O=C(c1ccsc1)N1CCO[C@H](CCCc2ccccc2)C1. The topological polar surface area (TPSA) is 29.5 Å². The van der Waals surface area contributed by atoms with E-state index in [0.717, 1.165) is 24.8 Å². The number of hydrogen-bond acceptors (Lipinski definition) is 3. The van der Waals surface area contributed by atoms with Crippen LogP contribution in [0.3, 0.4) is 0 Å². The maximum atomic E-state index is 12.4. The molecular formula is C18H21NO2S. The molecule has 4 heteroatoms. The molecule has 116 valence electrons. The van der Waals surface area contributed by atoms with E-state index < -0.39 is 0 Å². The van der Waals surface area contributed by atoms with Gasteiger partial charge in [-0.1, -0.05) is 30.3 Å². The van der Waals surface area contributed by atoms with Crippen LogP contribution in [0.25, 0.3) is 0 Å². The van der Waals surface area contributed by atoms with Crippen LogP contribution in [0.5, 0.6) is 0 Å². The first-order valence-electron chi connectivity index (χ1n) is 7.80. The molecule has 22 heavy (non-hydrogen) atoms. The molecule has 0 spiro atoms. The Bertz CT molecular complexity index is 582. The summed E-state index contributed by atoms with van der Waals surface area (Å²) in [6.45, 7) is 2.05. The summed E-state index contributed by atoms with van der Waals surface area (Å²) in [6.07, 6.45) is 3.33. The molecule has 0 unspecified atom stereocenters. The van der Waals surface area contributed by atoms with Gasteiger partial charge in [0.15, 0.2) is 0 Å². The van der Waals surface area contributed by atoms with Crippen molar-refractivity contribution < 1.29 is 9.53 Å². The van der Waals surface area contributed by atoms with Gasteiger partial charge in [-0.3, -0.25) is 4.79 Å². The van der Waals surface area contributed by atoms with E-state index in [1.165, 1.54) is 5.56 Å². The Morgan fingerprint density at radius 1 is 1.27 bits per heavy atom. The van der Waals surface area contributed by atoms with E-state index >= 15 is 0 Å². The van der Waals surface area contributed by atoms with Gasteiger partial charge in [0.25, 0.3) is 5.91 Å². The van der Waals surface area contributed by atoms with E-state index in [9.17, 15) is 4.79 Å². The van der Waals surface area contributed by atoms with Crippen LogP contribution in [0, 0.1) is 0 Å². The standard InChI is InChI=1S/C18H21NO2S/c20-18(16-9-12-22-14-16)19-10-11-21-17(13-19)8-4-7-15-5-2-1-3-6-15/h1-3,5-6,9,12,14,17H,4,7-8,10-11,13H2/t17-/m1/s1. The fourth-order valence-corrected chi connectivity index (χ4v) is 3.46. The summed E-state index contributed by atoms with van der Waals surface area (Å²) in [4.78, 5) is 14.3. The molecule has 0 N–H and O–H groups in total. The highest BCUT2D eigenvalue weighted by atomic mass is 32.1. The number of amides is 1. The van der Waals surface area contributed by atoms with Gasteiger partial charge in [0.05, 0.1) is 18.3 Å². The first-order chi connectivity index (χ1) is 10.8. The van der Waals surface area contributed by atoms with E-state index in [1.807, 2.05) is 27.8 Å². The van der Waals surface area contributed by atoms with E-state index in [1.54, 1.807) is 11.3 Å². The van der Waals surface area contributed by atoms with Gasteiger partial charge in [0.1, 0.15) is 0 Å². The van der Waals surface area contributed by atoms with Crippen LogP contribution in [0.4, 0.5) is 0 Å². The zero-order valence-electron chi connectivity index (χ0n) is 12.6. The van der Waals surface area contributed by atoms with Crippen molar-refractivity contribution in [2.45, 2.75) is 25.4 Å². The summed E-state index contributed by atoms with van der Waals surface area (Å²) in [5.74, 6) is 0.137. The van der Waals surface area contributed by atoms with Crippen molar-refractivity contribution in [3.05, 3.63) is 58.3 Å². The molecule has 3 rings (SSSR count). The molecular weight excluding hydrogens is 294 g/mol. The second-order valence-corrected chi connectivity index (χ2v) is 6.41. The first-order valence-corrected chi connectivity index (χ1v) is 8.74. The maximum Gasteiger partial charge on any atom is 0.254 e. The van der Waals surface area contributed by atoms with Crippen molar-refractivity contribution in [2.24, 2.45) is 0 Å². The second-order valence-electron chi connectivity index (χ2n) is 5.63. The molecule has 0 aliphatic carbocycles. The zero-order chi connectivity index (χ0) is 15.2. The number of morpholine rings is 1. The monoisotopic (exact) mass is 315 g/mol. The molecule has 2 aromatic rings. The van der Waals surface area contributed by atoms with E-state index in [0.29, 0.717) is 19.7 Å². The summed E-state index contributed by atoms with van der Waals surface area (Å²) >= 11 is 1.57. The number of hydrogen-bond donors (Lipinski definition) is 0. The zero-order valence-corrected chi connectivity index (χ0v) is 13.4. The van der Waals surface area contributed by atoms with Crippen LogP contribution in [0.15, 0.2) is 47.2 Å². The van der Waals surface area contributed by atoms with E-state index in [2.05, 4.69) is 24.3 Å². The predicted molar refractivity (Wildman–Crippen MR) is 89.3 cm³/mol. The summed E-state index contributed by atoms with van der Waals surface area (Å²) in [5.41, 5.74) is 2.17. The molecule has 1 aliphatic rings. The summed E-state index contributed by atoms with van der Waals surface area (Å²) in [5, 5.41) is 3.87. The smallest absolute Gasteiger partial charge is 0.254 e. The van der Waals surface area contributed by atoms with Crippen molar-refractivity contribution in [3.8, 4) is 0 Å². The van der Waals surface area contributed by atoms with Crippen LogP contribution < -0.4 is 0 Å². The van der Waals surface area contributed by atoms with Gasteiger partial charge in [-0.2, -0.15) is 11.3 Å². The van der Waals surface area contributed by atoms with Gasteiger partial charge >= 0.3 is 0 Å². The van der Waals surface area contributed by atoms with Crippen molar-refractivity contribution in [1.29, 1.82) is 0 Å². The quantitative estimate of drug-likeness (QED) is 0.843. The van der Waals surface area contributed by atoms with Crippen molar-refractivity contribution in [1.82, 2.24) is 4.90 Å². The van der Waals surface area contributed by atoms with Gasteiger partial charge in [-0.05, 0) is 36.3 Å². The van der Waals surface area contributed by atoms with Crippen molar-refractivity contribution in [2.75, 3.05) is 19.7 Å². The fourth-order valence-electron chi connectivity index (χ4n) is 2.83. The molecule has 0 saturated carbocycles. The lowest BCUT2D eigenvalue weighted by Crippen LogP contribution is -2.45. The Hall–Kier alpha value is -1.65. The minimum atomic E-state index is 0.137. The third kappa shape index (κ3) is 3.96. The second kappa shape index (κ2) is 7.56. The van der Waals surface area contributed by atoms with Gasteiger partial charge in [-0.15, -0.1) is 0 Å². The van der Waals surface area contributed by atoms with Gasteiger partial charge < -0.3 is 9.64 Å². The van der Waals surface area contributed by atoms with Gasteiger partial charge in [-0.25, -0.2) is 0 Å². The van der Waals surface area contributed by atoms with E-state index in [-0.39, 0.29) is 12.0 Å². The Labute approximate surface area is 135 Å². The molecule has 0 radical (unpaired) electrons. The third-order valence-electron chi connectivity index (χ3n) is 4.03. The van der Waals surface area contributed by atoms with Crippen LogP contribution in [-0.2, 0) is 11.2 Å². The minimum absolute atomic E-state index is 0.137. The molecule has 1 aromatic heterocycles. The molecule has 1 fully saturated rings. The highest BCUT2D eigenvalue weighted by molar-refractivity contribution is 7.08. The molecule has 2 heterocycles. The number of thiophene rings is 1. The highest BCUT2D eigenvalue weighted by Gasteiger charge is 2.24. The lowest BCUT2D eigenvalue weighted by Gasteiger charge is -2.33. The minimum Gasteiger partial charge on any atom is -0.375 e. The summed E-state index contributed by atoms with van der Waals surface area (Å²) in [7, 11) is 0. The predicted octanol–water partition coefficient (Wildman–Crippen LogP) is 3.61. The molecule has 1 atom stereocenters. The third-order valence-corrected chi connectivity index (χ3v) is 4.71. The number of rotatable bonds is 5. The maximum absolute atomic E-state index is 12.4. The highest BCUT2D eigenvalue weighted by Crippen LogP contribution is 2.16. The number of aryl methyl sites for hydroxylation is 1. The number of ether oxygens (including phenoxy) is 1. The molecule has 1 aliphatic heterocycles. The first kappa shape index (κ1) is 15.3.